The number of halogens is 12. The Balaban J connectivity index is 1.93. The van der Waals surface area contributed by atoms with Crippen LogP contribution >= 0.6 is 0 Å². The molecule has 0 spiro atoms. The topological polar surface area (TPSA) is 42.5 Å². The summed E-state index contributed by atoms with van der Waals surface area (Å²) in [5.41, 5.74) is -9.50. The molecule has 0 unspecified atom stereocenters. The normalized spacial score (nSPS) is 12.9. The number of alkyl halides is 12. The molecule has 45 heavy (non-hydrogen) atoms. The lowest BCUT2D eigenvalue weighted by Gasteiger charge is -2.37. The summed E-state index contributed by atoms with van der Waals surface area (Å²) in [6.45, 7) is 0. The first-order valence-electron chi connectivity index (χ1n) is 12.4. The van der Waals surface area contributed by atoms with Crippen molar-refractivity contribution < 1.29 is 62.2 Å². The molecule has 2 N–H and O–H groups in total. The van der Waals surface area contributed by atoms with Crippen molar-refractivity contribution >= 4 is 11.4 Å². The van der Waals surface area contributed by atoms with E-state index in [0.717, 1.165) is 95.6 Å². The van der Waals surface area contributed by atoms with Crippen molar-refractivity contribution in [1.82, 2.24) is 0 Å². The number of para-hydroxylation sites is 6. The molecule has 4 rings (SSSR count). The van der Waals surface area contributed by atoms with Crippen molar-refractivity contribution in [2.24, 2.45) is 0 Å². The predicted octanol–water partition coefficient (Wildman–Crippen LogP) is 10.5. The number of nitrogens with one attached hydrogen (secondary N) is 2. The second-order valence-electron chi connectivity index (χ2n) is 9.16. The molecule has 0 aliphatic heterocycles. The number of rotatable bonds is 9. The van der Waals surface area contributed by atoms with E-state index in [1.165, 1.54) is 0 Å². The van der Waals surface area contributed by atoms with Crippen molar-refractivity contribution in [2.75, 3.05) is 10.6 Å². The first-order chi connectivity index (χ1) is 20.8. The van der Waals surface area contributed by atoms with Crippen LogP contribution in [0.25, 0.3) is 0 Å². The zero-order valence-electron chi connectivity index (χ0n) is 22.1. The first kappa shape index (κ1) is 33.1. The summed E-state index contributed by atoms with van der Waals surface area (Å²) in [7, 11) is 0. The summed E-state index contributed by atoms with van der Waals surface area (Å²) in [4.78, 5) is 0. The van der Waals surface area contributed by atoms with Crippen LogP contribution < -0.4 is 20.1 Å². The van der Waals surface area contributed by atoms with E-state index in [2.05, 4.69) is 0 Å². The largest absolute Gasteiger partial charge is 0.482 e. The Labute approximate surface area is 246 Å². The highest BCUT2D eigenvalue weighted by Crippen LogP contribution is 2.58. The van der Waals surface area contributed by atoms with Gasteiger partial charge in [0, 0.05) is 11.1 Å². The summed E-state index contributed by atoms with van der Waals surface area (Å²) in [6, 6.07) is 14.4. The molecule has 0 saturated heterocycles. The highest BCUT2D eigenvalue weighted by Gasteiger charge is 2.74. The highest BCUT2D eigenvalue weighted by molar-refractivity contribution is 5.61. The Bertz CT molecular complexity index is 1530. The van der Waals surface area contributed by atoms with E-state index in [-0.39, 0.29) is 0 Å². The van der Waals surface area contributed by atoms with Crippen LogP contribution in [0.5, 0.6) is 23.0 Å². The molecular formula is C29H18F12N2O2. The molecule has 0 aliphatic rings. The molecule has 16 heteroatoms. The van der Waals surface area contributed by atoms with Crippen molar-refractivity contribution in [3.05, 3.63) is 108 Å². The van der Waals surface area contributed by atoms with Crippen LogP contribution in [-0.4, -0.2) is 24.7 Å². The molecule has 0 fully saturated rings. The van der Waals surface area contributed by atoms with E-state index >= 15 is 13.2 Å². The van der Waals surface area contributed by atoms with Gasteiger partial charge in [-0.3, -0.25) is 10.6 Å². The highest BCUT2D eigenvalue weighted by atomic mass is 19.4. The summed E-state index contributed by atoms with van der Waals surface area (Å²) in [6.07, 6.45) is -16.6. The minimum atomic E-state index is -6.59. The van der Waals surface area contributed by atoms with E-state index in [9.17, 15) is 39.5 Å². The zero-order chi connectivity index (χ0) is 33.3. The third-order valence-electron chi connectivity index (χ3n) is 6.07. The van der Waals surface area contributed by atoms with Gasteiger partial charge >= 0.3 is 24.7 Å². The Morgan fingerprint density at radius 1 is 0.400 bits per heavy atom. The fraction of sp³-hybridized carbons (Fsp3) is 0.172. The Morgan fingerprint density at radius 2 is 0.711 bits per heavy atom. The van der Waals surface area contributed by atoms with Crippen LogP contribution in [0.4, 0.5) is 64.1 Å². The smallest absolute Gasteiger partial charge is 0.455 e. The van der Waals surface area contributed by atoms with Gasteiger partial charge in [-0.1, -0.05) is 60.7 Å². The minimum absolute atomic E-state index is 0.491. The molecular weight excluding hydrogens is 636 g/mol. The number of ether oxygens (including phenoxy) is 2. The number of hydrogen-bond acceptors (Lipinski definition) is 4. The van der Waals surface area contributed by atoms with Gasteiger partial charge in [0.15, 0.2) is 11.5 Å². The average Bonchev–Trinajstić information content (AvgIpc) is 2.93. The fourth-order valence-corrected chi connectivity index (χ4v) is 4.22. The van der Waals surface area contributed by atoms with E-state index in [4.69, 9.17) is 9.47 Å². The van der Waals surface area contributed by atoms with Gasteiger partial charge in [0.05, 0.1) is 11.4 Å². The van der Waals surface area contributed by atoms with Crippen LogP contribution in [0.2, 0.25) is 0 Å². The second-order valence-corrected chi connectivity index (χ2v) is 9.16. The number of benzene rings is 4. The Morgan fingerprint density at radius 3 is 1.04 bits per heavy atom. The van der Waals surface area contributed by atoms with E-state index in [1.807, 2.05) is 0 Å². The molecule has 4 aromatic rings. The summed E-state index contributed by atoms with van der Waals surface area (Å²) >= 11 is 0. The quantitative estimate of drug-likeness (QED) is 0.139. The summed E-state index contributed by atoms with van der Waals surface area (Å²) < 4.78 is 179. The van der Waals surface area contributed by atoms with E-state index in [1.54, 1.807) is 0 Å². The molecule has 4 aromatic carbocycles. The maximum absolute atomic E-state index is 17.2. The lowest BCUT2D eigenvalue weighted by atomic mass is 9.81. The molecule has 0 radical (unpaired) electrons. The number of hydrogen-bond donors (Lipinski definition) is 2. The molecule has 0 aromatic heterocycles. The van der Waals surface area contributed by atoms with Crippen molar-refractivity contribution in [2.45, 2.75) is 30.4 Å². The van der Waals surface area contributed by atoms with Crippen LogP contribution in [-0.2, 0) is 5.67 Å². The second kappa shape index (κ2) is 12.0. The van der Waals surface area contributed by atoms with Crippen LogP contribution in [0, 0.1) is 0 Å². The first-order valence-corrected chi connectivity index (χ1v) is 12.4. The Kier molecular flexibility index (Phi) is 8.81. The van der Waals surface area contributed by atoms with Gasteiger partial charge in [-0.05, 0) is 36.4 Å². The molecule has 0 atom stereocenters. The standard InChI is InChI=1S/C29H18F12N2O2/c30-25(26(31,32)27(33,34)35,17-9-1-5-13-21(17)44-23-15-7-3-11-19(23)42-28(36,37)38)18-10-2-6-14-22(18)45-24-16-8-4-12-20(24)43-29(39,40)41/h1-16,42-43H. The zero-order valence-corrected chi connectivity index (χ0v) is 22.1. The van der Waals surface area contributed by atoms with E-state index in [0.29, 0.717) is 12.1 Å². The molecule has 4 nitrogen and oxygen atoms in total. The SMILES string of the molecule is FC(F)(F)Nc1ccccc1Oc1ccccc1C(F)(c1ccccc1Oc1ccccc1NC(F)(F)F)C(F)(F)C(F)(F)F. The van der Waals surface area contributed by atoms with Crippen molar-refractivity contribution in [1.29, 1.82) is 0 Å². The minimum Gasteiger partial charge on any atom is -0.455 e. The van der Waals surface area contributed by atoms with Gasteiger partial charge in [0.1, 0.15) is 11.5 Å². The van der Waals surface area contributed by atoms with Gasteiger partial charge in [-0.25, -0.2) is 4.39 Å². The van der Waals surface area contributed by atoms with Crippen molar-refractivity contribution in [3.8, 4) is 23.0 Å². The van der Waals surface area contributed by atoms with Crippen LogP contribution in [0.15, 0.2) is 97.1 Å². The average molecular weight is 654 g/mol. The lowest BCUT2D eigenvalue weighted by molar-refractivity contribution is -0.323. The molecule has 240 valence electrons. The van der Waals surface area contributed by atoms with Crippen LogP contribution in [0.1, 0.15) is 11.1 Å². The maximum atomic E-state index is 17.2. The van der Waals surface area contributed by atoms with Gasteiger partial charge < -0.3 is 9.47 Å². The Hall–Kier alpha value is -4.76. The lowest BCUT2D eigenvalue weighted by Crippen LogP contribution is -2.53. The van der Waals surface area contributed by atoms with Gasteiger partial charge in [0.2, 0.25) is 5.67 Å². The molecule has 0 aliphatic carbocycles. The third-order valence-corrected chi connectivity index (χ3v) is 6.07. The van der Waals surface area contributed by atoms with Gasteiger partial charge in [-0.15, -0.1) is 0 Å². The number of anilines is 2. The summed E-state index contributed by atoms with van der Waals surface area (Å²) in [5.74, 6) is -9.83. The molecule has 0 amide bonds. The monoisotopic (exact) mass is 654 g/mol. The molecule has 0 bridgehead atoms. The fourth-order valence-electron chi connectivity index (χ4n) is 4.22. The molecule has 0 saturated carbocycles. The van der Waals surface area contributed by atoms with Crippen LogP contribution in [0.3, 0.4) is 0 Å². The summed E-state index contributed by atoms with van der Waals surface area (Å²) in [5, 5.41) is 2.24. The third kappa shape index (κ3) is 7.15. The van der Waals surface area contributed by atoms with Gasteiger partial charge in [-0.2, -0.15) is 48.3 Å². The molecule has 0 heterocycles. The maximum Gasteiger partial charge on any atom is 0.482 e. The van der Waals surface area contributed by atoms with Crippen molar-refractivity contribution in [3.63, 3.8) is 0 Å². The van der Waals surface area contributed by atoms with Gasteiger partial charge in [0.25, 0.3) is 0 Å². The van der Waals surface area contributed by atoms with E-state index < -0.39 is 75.9 Å². The predicted molar refractivity (Wildman–Crippen MR) is 138 cm³/mol.